The van der Waals surface area contributed by atoms with Crippen LogP contribution in [0.25, 0.3) is 11.0 Å². The van der Waals surface area contributed by atoms with Crippen LogP contribution in [0.15, 0.2) is 24.8 Å². The number of aryl methyl sites for hydroxylation is 1. The lowest BCUT2D eigenvalue weighted by atomic mass is 10.1. The lowest BCUT2D eigenvalue weighted by Gasteiger charge is -2.25. The van der Waals surface area contributed by atoms with Crippen molar-refractivity contribution in [3.05, 3.63) is 53.3 Å². The third-order valence-electron chi connectivity index (χ3n) is 7.26. The maximum atomic E-state index is 15.1. The number of carbonyl (C=O) groups excluding carboxylic acids is 2. The lowest BCUT2D eigenvalue weighted by molar-refractivity contribution is -0.128. The van der Waals surface area contributed by atoms with Gasteiger partial charge in [-0.3, -0.25) is 9.59 Å². The molecule has 198 valence electrons. The van der Waals surface area contributed by atoms with E-state index in [4.69, 9.17) is 5.73 Å². The van der Waals surface area contributed by atoms with Gasteiger partial charge in [-0.15, -0.1) is 0 Å². The van der Waals surface area contributed by atoms with E-state index in [0.717, 1.165) is 24.2 Å². The van der Waals surface area contributed by atoms with Crippen LogP contribution in [0.3, 0.4) is 0 Å². The third kappa shape index (κ3) is 4.31. The molecule has 2 amide bonds. The summed E-state index contributed by atoms with van der Waals surface area (Å²) in [4.78, 5) is 31.0. The van der Waals surface area contributed by atoms with E-state index in [0.29, 0.717) is 23.8 Å². The van der Waals surface area contributed by atoms with Crippen LogP contribution in [-0.4, -0.2) is 66.9 Å². The van der Waals surface area contributed by atoms with Crippen LogP contribution in [0.2, 0.25) is 0 Å². The summed E-state index contributed by atoms with van der Waals surface area (Å²) in [7, 11) is 1.62. The number of rotatable bonds is 6. The van der Waals surface area contributed by atoms with Crippen molar-refractivity contribution in [1.29, 1.82) is 0 Å². The zero-order chi connectivity index (χ0) is 27.3. The number of aliphatic hydroxyl groups excluding tert-OH is 1. The summed E-state index contributed by atoms with van der Waals surface area (Å²) in [6.45, 7) is 7.31. The van der Waals surface area contributed by atoms with Gasteiger partial charge >= 0.3 is 0 Å². The fourth-order valence-corrected chi connectivity index (χ4v) is 5.36. The van der Waals surface area contributed by atoms with Gasteiger partial charge in [-0.25, -0.2) is 14.1 Å². The average Bonchev–Trinajstić information content (AvgIpc) is 3.35. The molecule has 1 aromatic carbocycles. The number of benzene rings is 1. The molecule has 3 heterocycles. The van der Waals surface area contributed by atoms with E-state index in [9.17, 15) is 14.7 Å². The molecule has 0 spiro atoms. The molecule has 0 radical (unpaired) electrons. The first-order chi connectivity index (χ1) is 18.1. The maximum absolute atomic E-state index is 15.1. The molecular weight excluding hydrogens is 489 g/mol. The highest BCUT2D eigenvalue weighted by Gasteiger charge is 2.40. The summed E-state index contributed by atoms with van der Waals surface area (Å²) < 4.78 is 18.7. The fraction of sp³-hybridized carbons (Fsp3) is 0.407. The fourth-order valence-electron chi connectivity index (χ4n) is 5.36. The smallest absolute Gasteiger partial charge is 0.255 e. The van der Waals surface area contributed by atoms with E-state index >= 15 is 4.39 Å². The Kier molecular flexibility index (Phi) is 6.44. The van der Waals surface area contributed by atoms with Gasteiger partial charge in [0, 0.05) is 25.7 Å². The predicted octanol–water partition coefficient (Wildman–Crippen LogP) is 2.26. The van der Waals surface area contributed by atoms with E-state index in [1.54, 1.807) is 24.7 Å². The van der Waals surface area contributed by atoms with Crippen molar-refractivity contribution in [2.75, 3.05) is 18.9 Å². The molecule has 0 bridgehead atoms. The normalized spacial score (nSPS) is 19.8. The first-order valence-corrected chi connectivity index (χ1v) is 12.6. The molecule has 38 heavy (non-hydrogen) atoms. The highest BCUT2D eigenvalue weighted by molar-refractivity contribution is 6.00. The van der Waals surface area contributed by atoms with Gasteiger partial charge in [0.1, 0.15) is 23.0 Å². The van der Waals surface area contributed by atoms with E-state index < -0.39 is 23.9 Å². The number of carbonyl (C=O) groups is 2. The summed E-state index contributed by atoms with van der Waals surface area (Å²) >= 11 is 0. The zero-order valence-electron chi connectivity index (χ0n) is 21.5. The Balaban J connectivity index is 1.54. The van der Waals surface area contributed by atoms with Crippen LogP contribution in [0.4, 0.5) is 10.2 Å². The van der Waals surface area contributed by atoms with Gasteiger partial charge in [0.2, 0.25) is 5.91 Å². The molecule has 5 rings (SSSR count). The van der Waals surface area contributed by atoms with Crippen LogP contribution >= 0.6 is 0 Å². The molecular formula is C27H30FN7O3. The van der Waals surface area contributed by atoms with Gasteiger partial charge in [-0.2, -0.15) is 5.10 Å². The summed E-state index contributed by atoms with van der Waals surface area (Å²) in [6.07, 6.45) is 2.93. The third-order valence-corrected chi connectivity index (χ3v) is 7.26. The van der Waals surface area contributed by atoms with E-state index in [2.05, 4.69) is 38.4 Å². The Bertz CT molecular complexity index is 1520. The largest absolute Gasteiger partial charge is 0.391 e. The molecule has 2 fully saturated rings. The molecule has 1 saturated carbocycles. The minimum Gasteiger partial charge on any atom is -0.391 e. The number of nitrogens with one attached hydrogen (secondary N) is 1. The number of hydrogen-bond acceptors (Lipinski definition) is 6. The number of primary amides is 1. The second-order valence-corrected chi connectivity index (χ2v) is 9.85. The highest BCUT2D eigenvalue weighted by Crippen LogP contribution is 2.39. The summed E-state index contributed by atoms with van der Waals surface area (Å²) in [5.74, 6) is 5.25. The van der Waals surface area contributed by atoms with Crippen LogP contribution in [0.5, 0.6) is 0 Å². The van der Waals surface area contributed by atoms with Gasteiger partial charge < -0.3 is 25.6 Å². The van der Waals surface area contributed by atoms with Gasteiger partial charge in [0.15, 0.2) is 5.69 Å². The molecule has 1 aliphatic heterocycles. The molecule has 10 nitrogen and oxygen atoms in total. The molecule has 2 aromatic heterocycles. The van der Waals surface area contributed by atoms with Gasteiger partial charge in [-0.1, -0.05) is 12.5 Å². The molecule has 3 aromatic rings. The number of aliphatic hydroxyl groups is 1. The van der Waals surface area contributed by atoms with Crippen molar-refractivity contribution >= 4 is 28.7 Å². The minimum atomic E-state index is -0.780. The summed E-state index contributed by atoms with van der Waals surface area (Å²) in [5, 5.41) is 17.8. The Morgan fingerprint density at radius 1 is 1.32 bits per heavy atom. The van der Waals surface area contributed by atoms with Crippen molar-refractivity contribution in [2.45, 2.75) is 57.3 Å². The van der Waals surface area contributed by atoms with Crippen LogP contribution < -0.4 is 11.1 Å². The van der Waals surface area contributed by atoms with Crippen molar-refractivity contribution in [3.8, 4) is 11.8 Å². The standard InChI is InChI=1S/C27H30FN7O3/c1-5-24(37)33-13-18(11-22(33)14(2)36)35-27(30-4)25(26(29)38)20(32-35)9-6-16-10-21-23(12-19(16)28)34(15(3)31-21)17-7-8-17/h5,10,12,14,17-18,22,30,36H,1,7-8,11,13H2,2-4H3,(H2,29,38)/t14-,18?,22+/m0/s1. The Morgan fingerprint density at radius 3 is 2.66 bits per heavy atom. The molecule has 1 aliphatic carbocycles. The maximum Gasteiger partial charge on any atom is 0.255 e. The Hall–Kier alpha value is -4.17. The monoisotopic (exact) mass is 519 g/mol. The quantitative estimate of drug-likeness (QED) is 0.338. The number of halogens is 1. The number of imidazole rings is 1. The number of nitrogens with two attached hydrogens (primary N) is 1. The van der Waals surface area contributed by atoms with E-state index in [1.807, 2.05) is 6.92 Å². The van der Waals surface area contributed by atoms with E-state index in [-0.39, 0.29) is 35.3 Å². The minimum absolute atomic E-state index is 0.0671. The number of amides is 2. The second kappa shape index (κ2) is 9.61. The number of hydrogen-bond donors (Lipinski definition) is 3. The van der Waals surface area contributed by atoms with Crippen LogP contribution in [-0.2, 0) is 4.79 Å². The van der Waals surface area contributed by atoms with Gasteiger partial charge in [0.05, 0.1) is 34.8 Å². The average molecular weight is 520 g/mol. The van der Waals surface area contributed by atoms with Crippen LogP contribution in [0, 0.1) is 24.6 Å². The molecule has 11 heteroatoms. The number of aromatic nitrogens is 4. The molecule has 4 N–H and O–H groups in total. The molecule has 1 unspecified atom stereocenters. The zero-order valence-corrected chi connectivity index (χ0v) is 21.5. The molecule has 1 saturated heterocycles. The number of nitrogens with zero attached hydrogens (tertiary/aromatic N) is 5. The highest BCUT2D eigenvalue weighted by atomic mass is 19.1. The SMILES string of the molecule is C=CC(=O)N1CC(n2nc(C#Cc3cc4nc(C)n(C5CC5)c4cc3F)c(C(N)=O)c2NC)C[C@@H]1[C@H](C)O. The number of likely N-dealkylation sites (tertiary alicyclic amines) is 1. The van der Waals surface area contributed by atoms with Gasteiger partial charge in [0.25, 0.3) is 5.91 Å². The summed E-state index contributed by atoms with van der Waals surface area (Å²) in [5.41, 5.74) is 7.37. The van der Waals surface area contributed by atoms with Crippen LogP contribution in [0.1, 0.15) is 65.7 Å². The number of anilines is 1. The topological polar surface area (TPSA) is 131 Å². The lowest BCUT2D eigenvalue weighted by Crippen LogP contribution is -2.40. The first kappa shape index (κ1) is 25.5. The Morgan fingerprint density at radius 2 is 2.05 bits per heavy atom. The van der Waals surface area contributed by atoms with Gasteiger partial charge in [-0.05, 0) is 51.2 Å². The predicted molar refractivity (Wildman–Crippen MR) is 140 cm³/mol. The summed E-state index contributed by atoms with van der Waals surface area (Å²) in [6, 6.07) is 2.60. The molecule has 3 atom stereocenters. The van der Waals surface area contributed by atoms with Crippen molar-refractivity contribution < 1.29 is 19.1 Å². The van der Waals surface area contributed by atoms with E-state index in [1.165, 1.54) is 17.0 Å². The molecule has 2 aliphatic rings. The Labute approximate surface area is 219 Å². The number of fused-ring (bicyclic) bond motifs is 1. The first-order valence-electron chi connectivity index (χ1n) is 12.6. The van der Waals surface area contributed by atoms with Crippen molar-refractivity contribution in [1.82, 2.24) is 24.2 Å². The second-order valence-electron chi connectivity index (χ2n) is 9.85. The van der Waals surface area contributed by atoms with Crippen molar-refractivity contribution in [2.24, 2.45) is 5.73 Å². The van der Waals surface area contributed by atoms with Crippen molar-refractivity contribution in [3.63, 3.8) is 0 Å².